The molecule has 1 aliphatic heterocycles. The molecule has 1 heterocycles. The summed E-state index contributed by atoms with van der Waals surface area (Å²) in [6, 6.07) is 0. The summed E-state index contributed by atoms with van der Waals surface area (Å²) in [5.74, 6) is 0. The van der Waals surface area contributed by atoms with Gasteiger partial charge < -0.3 is 5.11 Å². The van der Waals surface area contributed by atoms with Crippen molar-refractivity contribution in [3.63, 3.8) is 0 Å². The van der Waals surface area contributed by atoms with Gasteiger partial charge in [-0.1, -0.05) is 39.0 Å². The molecular formula is C11H16CoOS. The quantitative estimate of drug-likeness (QED) is 0.766. The molecule has 3 heteroatoms. The summed E-state index contributed by atoms with van der Waals surface area (Å²) in [6.45, 7) is 6.63. The van der Waals surface area contributed by atoms with Gasteiger partial charge in [0, 0.05) is 16.8 Å². The third kappa shape index (κ3) is 1.33. The summed E-state index contributed by atoms with van der Waals surface area (Å²) >= 11 is 1.66. The van der Waals surface area contributed by atoms with Crippen LogP contribution in [0.1, 0.15) is 27.2 Å². The Morgan fingerprint density at radius 1 is 1.29 bits per heavy atom. The second-order valence-electron chi connectivity index (χ2n) is 4.49. The molecule has 2 unspecified atom stereocenters. The van der Waals surface area contributed by atoms with Crippen molar-refractivity contribution >= 4 is 11.8 Å². The molecule has 2 aliphatic rings. The van der Waals surface area contributed by atoms with E-state index in [2.05, 4.69) is 26.8 Å². The predicted octanol–water partition coefficient (Wildman–Crippen LogP) is 2.72. The first-order chi connectivity index (χ1) is 5.97. The Morgan fingerprint density at radius 3 is 2.36 bits per heavy atom. The zero-order valence-corrected chi connectivity index (χ0v) is 10.6. The summed E-state index contributed by atoms with van der Waals surface area (Å²) in [5, 5.41) is 10.2. The topological polar surface area (TPSA) is 20.2 Å². The van der Waals surface area contributed by atoms with Gasteiger partial charge in [-0.15, -0.1) is 11.8 Å². The second kappa shape index (κ2) is 3.41. The largest absolute Gasteiger partial charge is 0.374 e. The fourth-order valence-corrected chi connectivity index (χ4v) is 3.59. The van der Waals surface area contributed by atoms with Gasteiger partial charge in [0.1, 0.15) is 4.93 Å². The minimum Gasteiger partial charge on any atom is -0.374 e. The van der Waals surface area contributed by atoms with Crippen LogP contribution in [0.15, 0.2) is 24.3 Å². The van der Waals surface area contributed by atoms with E-state index in [1.165, 1.54) is 0 Å². The summed E-state index contributed by atoms with van der Waals surface area (Å²) in [5.41, 5.74) is 0.160. The van der Waals surface area contributed by atoms with E-state index in [0.717, 1.165) is 6.42 Å². The van der Waals surface area contributed by atoms with Crippen LogP contribution in [0.3, 0.4) is 0 Å². The van der Waals surface area contributed by atoms with Crippen LogP contribution in [0, 0.1) is 5.41 Å². The number of aliphatic hydroxyl groups is 1. The Kier molecular flexibility index (Phi) is 3.01. The zero-order chi connectivity index (χ0) is 9.74. The van der Waals surface area contributed by atoms with Crippen LogP contribution in [-0.2, 0) is 16.8 Å². The van der Waals surface area contributed by atoms with Crippen molar-refractivity contribution < 1.29 is 21.9 Å². The Labute approximate surface area is 100 Å². The Bertz CT molecular complexity index is 298. The third-order valence-corrected chi connectivity index (χ3v) is 5.35. The number of rotatable bonds is 2. The van der Waals surface area contributed by atoms with Gasteiger partial charge in [-0.25, -0.2) is 0 Å². The fraction of sp³-hybridized carbons (Fsp3) is 0.636. The Hall–Kier alpha value is 0.296. The molecule has 0 aromatic carbocycles. The smallest absolute Gasteiger partial charge is 0.149 e. The number of thioether (sulfide) groups is 1. The van der Waals surface area contributed by atoms with Crippen LogP contribution in [-0.4, -0.2) is 14.8 Å². The summed E-state index contributed by atoms with van der Waals surface area (Å²) < 4.78 is -0.0660. The van der Waals surface area contributed by atoms with Crippen molar-refractivity contribution in [1.82, 2.24) is 0 Å². The van der Waals surface area contributed by atoms with Gasteiger partial charge in [0.05, 0.1) is 4.75 Å². The van der Waals surface area contributed by atoms with Gasteiger partial charge in [0.25, 0.3) is 0 Å². The van der Waals surface area contributed by atoms with E-state index in [4.69, 9.17) is 0 Å². The molecule has 0 aromatic rings. The van der Waals surface area contributed by atoms with E-state index in [-0.39, 0.29) is 26.9 Å². The molecule has 1 saturated heterocycles. The molecule has 0 spiro atoms. The van der Waals surface area contributed by atoms with E-state index >= 15 is 0 Å². The van der Waals surface area contributed by atoms with E-state index < -0.39 is 4.93 Å². The number of hydrogen-bond donors (Lipinski definition) is 1. The van der Waals surface area contributed by atoms with Crippen LogP contribution in [0.25, 0.3) is 0 Å². The average Bonchev–Trinajstić information content (AvgIpc) is 2.73. The Morgan fingerprint density at radius 2 is 1.86 bits per heavy atom. The van der Waals surface area contributed by atoms with Gasteiger partial charge in [-0.2, -0.15) is 0 Å². The fourth-order valence-electron chi connectivity index (χ4n) is 2.02. The van der Waals surface area contributed by atoms with E-state index in [1.54, 1.807) is 11.8 Å². The molecule has 2 atom stereocenters. The van der Waals surface area contributed by atoms with Gasteiger partial charge in [0.15, 0.2) is 0 Å². The van der Waals surface area contributed by atoms with Gasteiger partial charge in [-0.05, 0) is 17.9 Å². The monoisotopic (exact) mass is 255 g/mol. The zero-order valence-electron chi connectivity index (χ0n) is 8.71. The molecule has 0 aromatic heterocycles. The molecule has 1 N–H and O–H groups in total. The normalized spacial score (nSPS) is 38.9. The Balaban J connectivity index is 0.000000980. The molecule has 1 fully saturated rings. The van der Waals surface area contributed by atoms with E-state index in [9.17, 15) is 5.11 Å². The SMILES string of the molecule is CCC(C)(C)C12C=CC=CC1(O)S2.[Co]. The molecular weight excluding hydrogens is 239 g/mol. The van der Waals surface area contributed by atoms with Crippen molar-refractivity contribution in [3.05, 3.63) is 24.3 Å². The molecule has 1 nitrogen and oxygen atoms in total. The first kappa shape index (κ1) is 12.4. The van der Waals surface area contributed by atoms with Crippen LogP contribution in [0.4, 0.5) is 0 Å². The molecule has 1 aliphatic carbocycles. The molecule has 0 saturated carbocycles. The molecule has 1 radical (unpaired) electrons. The number of fused-ring (bicyclic) bond motifs is 1. The van der Waals surface area contributed by atoms with Gasteiger partial charge in [0.2, 0.25) is 0 Å². The van der Waals surface area contributed by atoms with Crippen LogP contribution in [0.2, 0.25) is 0 Å². The van der Waals surface area contributed by atoms with Crippen molar-refractivity contribution in [2.24, 2.45) is 5.41 Å². The van der Waals surface area contributed by atoms with E-state index in [1.807, 2.05) is 18.2 Å². The minimum absolute atomic E-state index is 0. The summed E-state index contributed by atoms with van der Waals surface area (Å²) in [4.78, 5) is -0.624. The molecule has 14 heavy (non-hydrogen) atoms. The van der Waals surface area contributed by atoms with Crippen LogP contribution >= 0.6 is 11.8 Å². The number of hydrogen-bond acceptors (Lipinski definition) is 2. The van der Waals surface area contributed by atoms with E-state index in [0.29, 0.717) is 0 Å². The van der Waals surface area contributed by atoms with Gasteiger partial charge in [-0.3, -0.25) is 0 Å². The third-order valence-electron chi connectivity index (χ3n) is 3.46. The molecule has 81 valence electrons. The first-order valence-corrected chi connectivity index (χ1v) is 5.59. The molecule has 0 bridgehead atoms. The minimum atomic E-state index is -0.624. The first-order valence-electron chi connectivity index (χ1n) is 4.77. The van der Waals surface area contributed by atoms with Crippen molar-refractivity contribution in [3.8, 4) is 0 Å². The molecule has 0 amide bonds. The summed E-state index contributed by atoms with van der Waals surface area (Å²) in [6.07, 6.45) is 9.13. The predicted molar refractivity (Wildman–Crippen MR) is 57.6 cm³/mol. The van der Waals surface area contributed by atoms with Crippen molar-refractivity contribution in [2.75, 3.05) is 0 Å². The second-order valence-corrected chi connectivity index (χ2v) is 5.96. The maximum atomic E-state index is 10.2. The van der Waals surface area contributed by atoms with Crippen molar-refractivity contribution in [1.29, 1.82) is 0 Å². The average molecular weight is 255 g/mol. The standard InChI is InChI=1S/C11H16OS.Co/c1-4-9(2,3)10-7-5-6-8-11(10,12)13-10;/h5-8,12H,4H2,1-3H3;. The molecule has 2 rings (SSSR count). The van der Waals surface area contributed by atoms with Gasteiger partial charge >= 0.3 is 0 Å². The maximum absolute atomic E-state index is 10.2. The number of allylic oxidation sites excluding steroid dienone is 2. The van der Waals surface area contributed by atoms with Crippen LogP contribution in [0.5, 0.6) is 0 Å². The maximum Gasteiger partial charge on any atom is 0.149 e. The van der Waals surface area contributed by atoms with Crippen LogP contribution < -0.4 is 0 Å². The summed E-state index contributed by atoms with van der Waals surface area (Å²) in [7, 11) is 0. The van der Waals surface area contributed by atoms with Crippen molar-refractivity contribution in [2.45, 2.75) is 36.9 Å².